The van der Waals surface area contributed by atoms with Crippen LogP contribution in [0.15, 0.2) is 6.20 Å². The molecule has 0 amide bonds. The Hall–Kier alpha value is -1.20. The maximum Gasteiger partial charge on any atom is 0.157 e. The Morgan fingerprint density at radius 3 is 2.83 bits per heavy atom. The van der Waals surface area contributed by atoms with Gasteiger partial charge in [-0.25, -0.2) is 13.8 Å². The summed E-state index contributed by atoms with van der Waals surface area (Å²) in [5.41, 5.74) is 0.840. The molecule has 3 rings (SSSR count). The van der Waals surface area contributed by atoms with Crippen molar-refractivity contribution in [1.29, 1.82) is 0 Å². The first kappa shape index (κ1) is 11.9. The lowest BCUT2D eigenvalue weighted by atomic mass is 10.2. The summed E-state index contributed by atoms with van der Waals surface area (Å²) in [5, 5.41) is -0.229. The molecule has 0 unspecified atom stereocenters. The predicted molar refractivity (Wildman–Crippen MR) is 65.6 cm³/mol. The van der Waals surface area contributed by atoms with Crippen LogP contribution in [0.2, 0.25) is 5.02 Å². The lowest BCUT2D eigenvalue weighted by molar-refractivity contribution is 0.229. The van der Waals surface area contributed by atoms with E-state index in [4.69, 9.17) is 11.6 Å². The monoisotopic (exact) mass is 271 g/mol. The third kappa shape index (κ3) is 1.54. The molecule has 3 nitrogen and oxygen atoms in total. The molecule has 3 heterocycles. The van der Waals surface area contributed by atoms with Crippen LogP contribution < -0.4 is 0 Å². The largest absolute Gasteiger partial charge is 0.324 e. The van der Waals surface area contributed by atoms with Crippen molar-refractivity contribution in [2.45, 2.75) is 20.0 Å². The van der Waals surface area contributed by atoms with Gasteiger partial charge in [0.2, 0.25) is 0 Å². The minimum atomic E-state index is -0.718. The predicted octanol–water partition coefficient (Wildman–Crippen LogP) is 2.80. The summed E-state index contributed by atoms with van der Waals surface area (Å²) in [6.07, 6.45) is 1.23. The maximum absolute atomic E-state index is 14.3. The van der Waals surface area contributed by atoms with Crippen LogP contribution in [0.4, 0.5) is 8.78 Å². The molecule has 0 saturated heterocycles. The van der Waals surface area contributed by atoms with E-state index in [2.05, 4.69) is 9.88 Å². The molecular formula is C12H12ClF2N3. The second kappa shape index (κ2) is 4.17. The van der Waals surface area contributed by atoms with Gasteiger partial charge in [0.1, 0.15) is 5.65 Å². The fourth-order valence-corrected chi connectivity index (χ4v) is 2.59. The van der Waals surface area contributed by atoms with Crippen LogP contribution in [0, 0.1) is 11.6 Å². The Labute approximate surface area is 108 Å². The molecule has 0 N–H and O–H groups in total. The van der Waals surface area contributed by atoms with Crippen molar-refractivity contribution in [1.82, 2.24) is 14.5 Å². The van der Waals surface area contributed by atoms with Crippen molar-refractivity contribution in [3.05, 3.63) is 28.5 Å². The highest BCUT2D eigenvalue weighted by Gasteiger charge is 2.26. The fourth-order valence-electron chi connectivity index (χ4n) is 2.44. The number of hydrogen-bond donors (Lipinski definition) is 0. The number of pyridine rings is 1. The Kier molecular flexibility index (Phi) is 2.75. The summed E-state index contributed by atoms with van der Waals surface area (Å²) < 4.78 is 29.9. The summed E-state index contributed by atoms with van der Waals surface area (Å²) in [5.74, 6) is -1.25. The minimum Gasteiger partial charge on any atom is -0.324 e. The van der Waals surface area contributed by atoms with Crippen molar-refractivity contribution >= 4 is 22.6 Å². The first-order valence-corrected chi connectivity index (χ1v) is 6.24. The molecule has 1 aliphatic heterocycles. The van der Waals surface area contributed by atoms with E-state index >= 15 is 0 Å². The third-order valence-electron chi connectivity index (χ3n) is 3.47. The molecule has 2 aromatic rings. The highest BCUT2D eigenvalue weighted by Crippen LogP contribution is 2.31. The average molecular weight is 272 g/mol. The standard InChI is InChI=1S/C12H12ClF2N3/c1-2-17-3-4-18-8(6-17)11(15)9-10(14)7(13)5-16-12(9)18/h5H,2-4,6H2,1H3. The van der Waals surface area contributed by atoms with Gasteiger partial charge in [0.25, 0.3) is 0 Å². The van der Waals surface area contributed by atoms with Crippen LogP contribution in [0.25, 0.3) is 11.0 Å². The molecule has 1 aliphatic rings. The van der Waals surface area contributed by atoms with Gasteiger partial charge in [0.05, 0.1) is 22.3 Å². The quantitative estimate of drug-likeness (QED) is 0.795. The Morgan fingerprint density at radius 1 is 1.33 bits per heavy atom. The van der Waals surface area contributed by atoms with E-state index in [1.54, 1.807) is 4.57 Å². The number of nitrogens with zero attached hydrogens (tertiary/aromatic N) is 3. The fraction of sp³-hybridized carbons (Fsp3) is 0.417. The summed E-state index contributed by atoms with van der Waals surface area (Å²) in [6.45, 7) is 4.79. The lowest BCUT2D eigenvalue weighted by Gasteiger charge is -2.27. The Balaban J connectivity index is 2.27. The molecule has 0 radical (unpaired) electrons. The van der Waals surface area contributed by atoms with Gasteiger partial charge in [-0.3, -0.25) is 4.90 Å². The first-order chi connectivity index (χ1) is 8.63. The van der Waals surface area contributed by atoms with E-state index in [9.17, 15) is 8.78 Å². The highest BCUT2D eigenvalue weighted by atomic mass is 35.5. The average Bonchev–Trinajstić information content (AvgIpc) is 2.67. The number of halogens is 3. The van der Waals surface area contributed by atoms with Crippen molar-refractivity contribution in [3.8, 4) is 0 Å². The van der Waals surface area contributed by atoms with Gasteiger partial charge in [0.15, 0.2) is 11.6 Å². The molecule has 2 aromatic heterocycles. The number of rotatable bonds is 1. The second-order valence-corrected chi connectivity index (χ2v) is 4.81. The van der Waals surface area contributed by atoms with Crippen LogP contribution in [0.1, 0.15) is 12.6 Å². The molecular weight excluding hydrogens is 260 g/mol. The number of aromatic nitrogens is 2. The molecule has 0 atom stereocenters. The van der Waals surface area contributed by atoms with Crippen molar-refractivity contribution in [2.24, 2.45) is 0 Å². The molecule has 0 bridgehead atoms. The Morgan fingerprint density at radius 2 is 2.11 bits per heavy atom. The normalized spacial score (nSPS) is 16.2. The van der Waals surface area contributed by atoms with Gasteiger partial charge in [-0.15, -0.1) is 0 Å². The van der Waals surface area contributed by atoms with Gasteiger partial charge in [-0.1, -0.05) is 18.5 Å². The van der Waals surface area contributed by atoms with Gasteiger partial charge < -0.3 is 4.57 Å². The van der Waals surface area contributed by atoms with Crippen molar-refractivity contribution in [3.63, 3.8) is 0 Å². The van der Waals surface area contributed by atoms with Crippen LogP contribution in [0.5, 0.6) is 0 Å². The van der Waals surface area contributed by atoms with E-state index in [0.717, 1.165) is 13.1 Å². The second-order valence-electron chi connectivity index (χ2n) is 4.40. The van der Waals surface area contributed by atoms with E-state index in [0.29, 0.717) is 24.4 Å². The molecule has 6 heteroatoms. The summed E-state index contributed by atoms with van der Waals surface area (Å²) in [7, 11) is 0. The first-order valence-electron chi connectivity index (χ1n) is 5.86. The lowest BCUT2D eigenvalue weighted by Crippen LogP contribution is -2.33. The van der Waals surface area contributed by atoms with Crippen LogP contribution in [0.3, 0.4) is 0 Å². The van der Waals surface area contributed by atoms with Gasteiger partial charge in [-0.05, 0) is 6.54 Å². The van der Waals surface area contributed by atoms with E-state index in [1.807, 2.05) is 6.92 Å². The van der Waals surface area contributed by atoms with Crippen molar-refractivity contribution in [2.75, 3.05) is 13.1 Å². The van der Waals surface area contributed by atoms with E-state index in [-0.39, 0.29) is 10.4 Å². The molecule has 0 aromatic carbocycles. The molecule has 0 saturated carbocycles. The summed E-state index contributed by atoms with van der Waals surface area (Å²) in [6, 6.07) is 0. The minimum absolute atomic E-state index is 0.0875. The maximum atomic E-state index is 14.3. The molecule has 0 aliphatic carbocycles. The zero-order chi connectivity index (χ0) is 12.9. The topological polar surface area (TPSA) is 21.1 Å². The summed E-state index contributed by atoms with van der Waals surface area (Å²) >= 11 is 5.66. The van der Waals surface area contributed by atoms with Gasteiger partial charge >= 0.3 is 0 Å². The zero-order valence-electron chi connectivity index (χ0n) is 9.88. The van der Waals surface area contributed by atoms with Crippen LogP contribution in [-0.4, -0.2) is 27.5 Å². The van der Waals surface area contributed by atoms with Crippen LogP contribution >= 0.6 is 11.6 Å². The van der Waals surface area contributed by atoms with E-state index < -0.39 is 11.6 Å². The molecule has 96 valence electrons. The van der Waals surface area contributed by atoms with Gasteiger partial charge in [-0.2, -0.15) is 0 Å². The molecule has 18 heavy (non-hydrogen) atoms. The SMILES string of the molecule is CCN1CCn2c(c(F)c3c(F)c(Cl)cnc32)C1. The van der Waals surface area contributed by atoms with E-state index in [1.165, 1.54) is 6.20 Å². The molecule has 0 fully saturated rings. The van der Waals surface area contributed by atoms with Crippen LogP contribution in [-0.2, 0) is 13.1 Å². The van der Waals surface area contributed by atoms with Gasteiger partial charge in [0, 0.05) is 19.6 Å². The summed E-state index contributed by atoms with van der Waals surface area (Å²) in [4.78, 5) is 6.17. The number of likely N-dealkylation sites (N-methyl/N-ethyl adjacent to an activating group) is 1. The third-order valence-corrected chi connectivity index (χ3v) is 3.73. The van der Waals surface area contributed by atoms with Crippen molar-refractivity contribution < 1.29 is 8.78 Å². The smallest absolute Gasteiger partial charge is 0.157 e. The zero-order valence-corrected chi connectivity index (χ0v) is 10.6. The highest BCUT2D eigenvalue weighted by molar-refractivity contribution is 6.31. The molecule has 0 spiro atoms. The number of fused-ring (bicyclic) bond motifs is 3. The Bertz CT molecular complexity index is 624. The number of hydrogen-bond acceptors (Lipinski definition) is 2.